The highest BCUT2D eigenvalue weighted by molar-refractivity contribution is 7.89. The Hall–Kier alpha value is -0.620. The van der Waals surface area contributed by atoms with E-state index in [0.29, 0.717) is 6.54 Å². The summed E-state index contributed by atoms with van der Waals surface area (Å²) in [6.07, 6.45) is 0.747. The van der Waals surface area contributed by atoms with Crippen LogP contribution < -0.4 is 10.0 Å². The lowest BCUT2D eigenvalue weighted by Gasteiger charge is -2.09. The normalized spacial score (nSPS) is 11.7. The van der Waals surface area contributed by atoms with E-state index >= 15 is 0 Å². The molecule has 1 rings (SSSR count). The molecular weight excluding hydrogens is 272 g/mol. The number of sulfonamides is 1. The Morgan fingerprint density at radius 3 is 2.61 bits per heavy atom. The number of benzene rings is 1. The third-order valence-electron chi connectivity index (χ3n) is 2.45. The zero-order valence-corrected chi connectivity index (χ0v) is 12.2. The molecule has 0 heterocycles. The number of halogens is 1. The summed E-state index contributed by atoms with van der Waals surface area (Å²) in [4.78, 5) is 0.137. The molecule has 0 radical (unpaired) electrons. The molecule has 2 N–H and O–H groups in total. The van der Waals surface area contributed by atoms with Gasteiger partial charge in [0.25, 0.3) is 0 Å². The van der Waals surface area contributed by atoms with E-state index in [9.17, 15) is 8.42 Å². The van der Waals surface area contributed by atoms with Gasteiger partial charge >= 0.3 is 0 Å². The summed E-state index contributed by atoms with van der Waals surface area (Å²) in [5.41, 5.74) is 0.936. The van der Waals surface area contributed by atoms with Gasteiger partial charge in [0.05, 0.1) is 5.02 Å². The van der Waals surface area contributed by atoms with E-state index in [2.05, 4.69) is 10.0 Å². The molecule has 0 aliphatic heterocycles. The Labute approximate surface area is 114 Å². The molecule has 0 saturated carbocycles. The van der Waals surface area contributed by atoms with Gasteiger partial charge in [0, 0.05) is 6.54 Å². The van der Waals surface area contributed by atoms with Crippen LogP contribution in [0.25, 0.3) is 0 Å². The van der Waals surface area contributed by atoms with Crippen molar-refractivity contribution in [1.82, 2.24) is 10.0 Å². The Balaban J connectivity index is 2.63. The monoisotopic (exact) mass is 290 g/mol. The Morgan fingerprint density at radius 2 is 2.00 bits per heavy atom. The summed E-state index contributed by atoms with van der Waals surface area (Å²) >= 11 is 5.95. The Bertz CT molecular complexity index is 489. The minimum absolute atomic E-state index is 0.137. The number of rotatable bonds is 7. The van der Waals surface area contributed by atoms with Crippen molar-refractivity contribution in [2.45, 2.75) is 25.2 Å². The van der Waals surface area contributed by atoms with Crippen LogP contribution in [0.4, 0.5) is 0 Å². The Morgan fingerprint density at radius 1 is 1.28 bits per heavy atom. The number of aryl methyl sites for hydroxylation is 1. The molecule has 0 aromatic heterocycles. The second-order valence-electron chi connectivity index (χ2n) is 4.04. The predicted molar refractivity (Wildman–Crippen MR) is 74.5 cm³/mol. The van der Waals surface area contributed by atoms with Gasteiger partial charge in [-0.25, -0.2) is 13.1 Å². The predicted octanol–water partition coefficient (Wildman–Crippen LogP) is 1.93. The molecule has 0 unspecified atom stereocenters. The van der Waals surface area contributed by atoms with Crippen LogP contribution in [0.5, 0.6) is 0 Å². The minimum atomic E-state index is -3.50. The first-order valence-electron chi connectivity index (χ1n) is 5.94. The number of hydrogen-bond acceptors (Lipinski definition) is 3. The minimum Gasteiger partial charge on any atom is -0.317 e. The van der Waals surface area contributed by atoms with Crippen molar-refractivity contribution < 1.29 is 8.42 Å². The van der Waals surface area contributed by atoms with E-state index < -0.39 is 10.0 Å². The highest BCUT2D eigenvalue weighted by Gasteiger charge is 2.16. The van der Waals surface area contributed by atoms with Gasteiger partial charge in [-0.05, 0) is 44.1 Å². The Kier molecular flexibility index (Phi) is 6.08. The molecule has 0 saturated heterocycles. The van der Waals surface area contributed by atoms with Crippen molar-refractivity contribution in [3.05, 3.63) is 28.8 Å². The first-order chi connectivity index (χ1) is 8.47. The standard InChI is InChI=1S/C12H19ClN2O2S/c1-3-14-7-4-8-15-18(16,17)12-6-5-10(2)9-11(12)13/h5-6,9,14-15H,3-4,7-8H2,1-2H3. The van der Waals surface area contributed by atoms with E-state index in [4.69, 9.17) is 11.6 Å². The lowest BCUT2D eigenvalue weighted by atomic mass is 10.2. The average Bonchev–Trinajstić information content (AvgIpc) is 2.28. The van der Waals surface area contributed by atoms with Crippen molar-refractivity contribution in [3.8, 4) is 0 Å². The molecule has 0 bridgehead atoms. The van der Waals surface area contributed by atoms with Crippen LogP contribution in [0.15, 0.2) is 23.1 Å². The van der Waals surface area contributed by atoms with Crippen molar-refractivity contribution in [2.24, 2.45) is 0 Å². The molecule has 6 heteroatoms. The first kappa shape index (κ1) is 15.4. The molecular formula is C12H19ClN2O2S. The maximum atomic E-state index is 12.0. The number of nitrogens with one attached hydrogen (secondary N) is 2. The van der Waals surface area contributed by atoms with Crippen molar-refractivity contribution in [2.75, 3.05) is 19.6 Å². The summed E-state index contributed by atoms with van der Waals surface area (Å²) in [6, 6.07) is 4.91. The molecule has 0 amide bonds. The van der Waals surface area contributed by atoms with Crippen LogP contribution in [-0.4, -0.2) is 28.1 Å². The van der Waals surface area contributed by atoms with E-state index in [-0.39, 0.29) is 9.92 Å². The molecule has 4 nitrogen and oxygen atoms in total. The third-order valence-corrected chi connectivity index (χ3v) is 4.39. The third kappa shape index (κ3) is 4.57. The lowest BCUT2D eigenvalue weighted by molar-refractivity contribution is 0.575. The van der Waals surface area contributed by atoms with Crippen LogP contribution in [0.3, 0.4) is 0 Å². The second-order valence-corrected chi connectivity index (χ2v) is 6.18. The summed E-state index contributed by atoms with van der Waals surface area (Å²) in [5, 5.41) is 3.39. The smallest absolute Gasteiger partial charge is 0.242 e. The average molecular weight is 291 g/mol. The fourth-order valence-corrected chi connectivity index (χ4v) is 3.17. The van der Waals surface area contributed by atoms with Crippen LogP contribution in [0.2, 0.25) is 5.02 Å². The van der Waals surface area contributed by atoms with Crippen molar-refractivity contribution in [3.63, 3.8) is 0 Å². The highest BCUT2D eigenvalue weighted by atomic mass is 35.5. The SMILES string of the molecule is CCNCCCNS(=O)(=O)c1ccc(C)cc1Cl. The summed E-state index contributed by atoms with van der Waals surface area (Å²) < 4.78 is 26.5. The first-order valence-corrected chi connectivity index (χ1v) is 7.80. The maximum Gasteiger partial charge on any atom is 0.242 e. The molecule has 0 fully saturated rings. The molecule has 0 spiro atoms. The van der Waals surface area contributed by atoms with E-state index in [1.807, 2.05) is 13.8 Å². The fourth-order valence-electron chi connectivity index (χ4n) is 1.50. The van der Waals surface area contributed by atoms with Gasteiger partial charge in [0.2, 0.25) is 10.0 Å². The molecule has 0 aliphatic carbocycles. The molecule has 1 aromatic rings. The molecule has 0 atom stereocenters. The van der Waals surface area contributed by atoms with Gasteiger partial charge in [0.15, 0.2) is 0 Å². The van der Waals surface area contributed by atoms with Gasteiger partial charge < -0.3 is 5.32 Å². The topological polar surface area (TPSA) is 58.2 Å². The largest absolute Gasteiger partial charge is 0.317 e. The summed E-state index contributed by atoms with van der Waals surface area (Å²) in [6.45, 7) is 5.96. The highest BCUT2D eigenvalue weighted by Crippen LogP contribution is 2.22. The molecule has 102 valence electrons. The number of hydrogen-bond donors (Lipinski definition) is 2. The van der Waals surface area contributed by atoms with Gasteiger partial charge in [0.1, 0.15) is 4.90 Å². The van der Waals surface area contributed by atoms with E-state index in [1.165, 1.54) is 6.07 Å². The van der Waals surface area contributed by atoms with Crippen LogP contribution >= 0.6 is 11.6 Å². The quantitative estimate of drug-likeness (QED) is 0.755. The molecule has 0 aliphatic rings. The van der Waals surface area contributed by atoms with E-state index in [0.717, 1.165) is 25.1 Å². The second kappa shape index (κ2) is 7.09. The lowest BCUT2D eigenvalue weighted by Crippen LogP contribution is -2.27. The maximum absolute atomic E-state index is 12.0. The van der Waals surface area contributed by atoms with Gasteiger partial charge in [-0.3, -0.25) is 0 Å². The van der Waals surface area contributed by atoms with Gasteiger partial charge in [-0.1, -0.05) is 24.6 Å². The fraction of sp³-hybridized carbons (Fsp3) is 0.500. The van der Waals surface area contributed by atoms with Gasteiger partial charge in [-0.2, -0.15) is 0 Å². The molecule has 18 heavy (non-hydrogen) atoms. The van der Waals surface area contributed by atoms with Crippen LogP contribution in [0.1, 0.15) is 18.9 Å². The molecule has 1 aromatic carbocycles. The van der Waals surface area contributed by atoms with Crippen molar-refractivity contribution >= 4 is 21.6 Å². The van der Waals surface area contributed by atoms with Gasteiger partial charge in [-0.15, -0.1) is 0 Å². The van der Waals surface area contributed by atoms with Crippen molar-refractivity contribution in [1.29, 1.82) is 0 Å². The van der Waals surface area contributed by atoms with Crippen LogP contribution in [0, 0.1) is 6.92 Å². The summed E-state index contributed by atoms with van der Waals surface area (Å²) in [5.74, 6) is 0. The van der Waals surface area contributed by atoms with Crippen LogP contribution in [-0.2, 0) is 10.0 Å². The zero-order chi connectivity index (χ0) is 13.6. The zero-order valence-electron chi connectivity index (χ0n) is 10.7. The summed E-state index contributed by atoms with van der Waals surface area (Å²) in [7, 11) is -3.50. The van der Waals surface area contributed by atoms with E-state index in [1.54, 1.807) is 12.1 Å².